The molecule has 1 heteroatoms. The Balaban J connectivity index is 1.35. The average Bonchev–Trinajstić information content (AvgIpc) is 3.47. The molecule has 0 aliphatic heterocycles. The molecule has 0 unspecified atom stereocenters. The zero-order valence-corrected chi connectivity index (χ0v) is 25.7. The van der Waals surface area contributed by atoms with Crippen molar-refractivity contribution in [2.75, 3.05) is 0 Å². The molecule has 1 aromatic heterocycles. The van der Waals surface area contributed by atoms with E-state index in [2.05, 4.69) is 180 Å². The summed E-state index contributed by atoms with van der Waals surface area (Å²) in [5, 5.41) is 12.7. The van der Waals surface area contributed by atoms with Crippen molar-refractivity contribution in [1.82, 2.24) is 4.57 Å². The van der Waals surface area contributed by atoms with Gasteiger partial charge in [-0.2, -0.15) is 0 Å². The van der Waals surface area contributed by atoms with Crippen LogP contribution in [0, 0.1) is 0 Å². The van der Waals surface area contributed by atoms with Crippen molar-refractivity contribution in [2.45, 2.75) is 0 Å². The summed E-state index contributed by atoms with van der Waals surface area (Å²) in [6.45, 7) is 0. The highest BCUT2D eigenvalue weighted by Crippen LogP contribution is 2.48. The number of rotatable bonds is 3. The molecule has 9 aromatic carbocycles. The molecule has 10 rings (SSSR count). The van der Waals surface area contributed by atoms with E-state index in [0.29, 0.717) is 0 Å². The summed E-state index contributed by atoms with van der Waals surface area (Å²) in [5.41, 5.74) is 8.70. The predicted molar refractivity (Wildman–Crippen MR) is 202 cm³/mol. The van der Waals surface area contributed by atoms with E-state index < -0.39 is 0 Å². The van der Waals surface area contributed by atoms with Gasteiger partial charge in [0.15, 0.2) is 0 Å². The summed E-state index contributed by atoms with van der Waals surface area (Å²) >= 11 is 0. The van der Waals surface area contributed by atoms with Crippen molar-refractivity contribution in [2.24, 2.45) is 0 Å². The standard InChI is InChI=1S/C46H29N/c1-2-16-33(17-3-1)47-42-25-13-12-20-36(42)37-27-26-32(29-43(37)47)44-38-21-8-10-23-40(38)46(41-24-11-9-22-39(41)44)45-34-18-6-4-14-30(34)28-31-15-5-7-19-35(31)45/h1-29H. The summed E-state index contributed by atoms with van der Waals surface area (Å²) in [6, 6.07) is 64.5. The van der Waals surface area contributed by atoms with Crippen molar-refractivity contribution in [3.63, 3.8) is 0 Å². The Kier molecular flexibility index (Phi) is 5.64. The maximum absolute atomic E-state index is 2.41. The largest absolute Gasteiger partial charge is 0.309 e. The maximum Gasteiger partial charge on any atom is 0.0547 e. The quantitative estimate of drug-likeness (QED) is 0.179. The van der Waals surface area contributed by atoms with Crippen molar-refractivity contribution in [3.8, 4) is 27.9 Å². The third-order valence-electron chi connectivity index (χ3n) is 9.93. The molecule has 1 heterocycles. The van der Waals surface area contributed by atoms with Crippen LogP contribution in [-0.2, 0) is 0 Å². The molecule has 0 saturated heterocycles. The minimum Gasteiger partial charge on any atom is -0.309 e. The van der Waals surface area contributed by atoms with Gasteiger partial charge in [0, 0.05) is 16.5 Å². The van der Waals surface area contributed by atoms with Gasteiger partial charge in [-0.1, -0.05) is 146 Å². The van der Waals surface area contributed by atoms with Crippen LogP contribution in [-0.4, -0.2) is 4.57 Å². The lowest BCUT2D eigenvalue weighted by molar-refractivity contribution is 1.18. The minimum absolute atomic E-state index is 1.17. The van der Waals surface area contributed by atoms with Crippen LogP contribution >= 0.6 is 0 Å². The Morgan fingerprint density at radius 1 is 0.277 bits per heavy atom. The molecule has 218 valence electrons. The number of nitrogens with zero attached hydrogens (tertiary/aromatic N) is 1. The Hall–Kier alpha value is -6.18. The van der Waals surface area contributed by atoms with E-state index in [1.807, 2.05) is 0 Å². The lowest BCUT2D eigenvalue weighted by Crippen LogP contribution is -1.94. The number of aromatic nitrogens is 1. The first-order valence-corrected chi connectivity index (χ1v) is 16.3. The third-order valence-corrected chi connectivity index (χ3v) is 9.93. The highest BCUT2D eigenvalue weighted by atomic mass is 15.0. The molecule has 47 heavy (non-hydrogen) atoms. The highest BCUT2D eigenvalue weighted by Gasteiger charge is 2.21. The summed E-state index contributed by atoms with van der Waals surface area (Å²) in [6.07, 6.45) is 0. The van der Waals surface area contributed by atoms with Crippen LogP contribution in [0.2, 0.25) is 0 Å². The normalized spacial score (nSPS) is 11.8. The van der Waals surface area contributed by atoms with Gasteiger partial charge in [-0.25, -0.2) is 0 Å². The van der Waals surface area contributed by atoms with E-state index in [-0.39, 0.29) is 0 Å². The zero-order chi connectivity index (χ0) is 30.9. The molecule has 0 bridgehead atoms. The van der Waals surface area contributed by atoms with Gasteiger partial charge in [0.1, 0.15) is 0 Å². The topological polar surface area (TPSA) is 4.93 Å². The smallest absolute Gasteiger partial charge is 0.0547 e. The van der Waals surface area contributed by atoms with Crippen LogP contribution < -0.4 is 0 Å². The third kappa shape index (κ3) is 3.84. The molecule has 0 spiro atoms. The van der Waals surface area contributed by atoms with Crippen molar-refractivity contribution in [1.29, 1.82) is 0 Å². The molecule has 0 aliphatic carbocycles. The minimum atomic E-state index is 1.17. The van der Waals surface area contributed by atoms with E-state index in [1.54, 1.807) is 0 Å². The van der Waals surface area contributed by atoms with E-state index in [1.165, 1.54) is 92.8 Å². The maximum atomic E-state index is 2.41. The number of hydrogen-bond donors (Lipinski definition) is 0. The van der Waals surface area contributed by atoms with Gasteiger partial charge in [0.2, 0.25) is 0 Å². The van der Waals surface area contributed by atoms with Gasteiger partial charge in [0.25, 0.3) is 0 Å². The van der Waals surface area contributed by atoms with E-state index in [0.717, 1.165) is 0 Å². The first-order chi connectivity index (χ1) is 23.3. The summed E-state index contributed by atoms with van der Waals surface area (Å²) < 4.78 is 2.41. The molecule has 10 aromatic rings. The van der Waals surface area contributed by atoms with Crippen LogP contribution in [0.15, 0.2) is 176 Å². The Bertz CT molecular complexity index is 2730. The number of hydrogen-bond acceptors (Lipinski definition) is 0. The lowest BCUT2D eigenvalue weighted by Gasteiger charge is -2.20. The molecule has 0 fully saturated rings. The Labute approximate surface area is 272 Å². The zero-order valence-electron chi connectivity index (χ0n) is 25.7. The molecule has 0 N–H and O–H groups in total. The number of benzene rings is 9. The molecular formula is C46H29N. The molecule has 0 saturated carbocycles. The molecule has 0 radical (unpaired) electrons. The highest BCUT2D eigenvalue weighted by molar-refractivity contribution is 6.27. The monoisotopic (exact) mass is 595 g/mol. The van der Waals surface area contributed by atoms with Gasteiger partial charge in [-0.3, -0.25) is 0 Å². The Morgan fingerprint density at radius 2 is 0.723 bits per heavy atom. The van der Waals surface area contributed by atoms with Crippen LogP contribution in [0.4, 0.5) is 0 Å². The number of para-hydroxylation sites is 2. The van der Waals surface area contributed by atoms with E-state index >= 15 is 0 Å². The van der Waals surface area contributed by atoms with Crippen LogP contribution in [0.3, 0.4) is 0 Å². The average molecular weight is 596 g/mol. The van der Waals surface area contributed by atoms with Crippen LogP contribution in [0.5, 0.6) is 0 Å². The predicted octanol–water partition coefficient (Wildman–Crippen LogP) is 12.7. The second-order valence-electron chi connectivity index (χ2n) is 12.5. The van der Waals surface area contributed by atoms with Gasteiger partial charge < -0.3 is 4.57 Å². The lowest BCUT2D eigenvalue weighted by atomic mass is 9.83. The molecule has 0 atom stereocenters. The van der Waals surface area contributed by atoms with E-state index in [4.69, 9.17) is 0 Å². The van der Waals surface area contributed by atoms with E-state index in [9.17, 15) is 0 Å². The SMILES string of the molecule is c1ccc(-n2c3ccccc3c3ccc(-c4c5ccccc5c(-c5c6ccccc6cc6ccccc56)c5ccccc45)cc32)cc1. The van der Waals surface area contributed by atoms with Gasteiger partial charge >= 0.3 is 0 Å². The number of fused-ring (bicyclic) bond motifs is 7. The fraction of sp³-hybridized carbons (Fsp3) is 0. The molecular weight excluding hydrogens is 567 g/mol. The first kappa shape index (κ1) is 26.1. The summed E-state index contributed by atoms with van der Waals surface area (Å²) in [5.74, 6) is 0. The first-order valence-electron chi connectivity index (χ1n) is 16.3. The second-order valence-corrected chi connectivity index (χ2v) is 12.5. The summed E-state index contributed by atoms with van der Waals surface area (Å²) in [4.78, 5) is 0. The second kappa shape index (κ2) is 10.2. The van der Waals surface area contributed by atoms with Crippen LogP contribution in [0.25, 0.3) is 92.8 Å². The van der Waals surface area contributed by atoms with Crippen molar-refractivity contribution < 1.29 is 0 Å². The van der Waals surface area contributed by atoms with Gasteiger partial charge in [-0.05, 0) is 95.7 Å². The Morgan fingerprint density at radius 3 is 1.34 bits per heavy atom. The summed E-state index contributed by atoms with van der Waals surface area (Å²) in [7, 11) is 0. The fourth-order valence-electron chi connectivity index (χ4n) is 7.97. The van der Waals surface area contributed by atoms with Crippen LogP contribution in [0.1, 0.15) is 0 Å². The van der Waals surface area contributed by atoms with Gasteiger partial charge in [-0.15, -0.1) is 0 Å². The molecule has 1 nitrogen and oxygen atoms in total. The van der Waals surface area contributed by atoms with Crippen molar-refractivity contribution in [3.05, 3.63) is 176 Å². The molecule has 0 aliphatic rings. The van der Waals surface area contributed by atoms with Gasteiger partial charge in [0.05, 0.1) is 11.0 Å². The van der Waals surface area contributed by atoms with Crippen molar-refractivity contribution >= 4 is 64.9 Å². The fourth-order valence-corrected chi connectivity index (χ4v) is 7.97. The molecule has 0 amide bonds.